The summed E-state index contributed by atoms with van der Waals surface area (Å²) in [6, 6.07) is 7.83. The summed E-state index contributed by atoms with van der Waals surface area (Å²) in [4.78, 5) is 32.7. The van der Waals surface area contributed by atoms with Crippen LogP contribution in [0.1, 0.15) is 17.2 Å². The first-order chi connectivity index (χ1) is 12.9. The van der Waals surface area contributed by atoms with Gasteiger partial charge in [-0.1, -0.05) is 0 Å². The van der Waals surface area contributed by atoms with Gasteiger partial charge in [-0.25, -0.2) is 4.39 Å². The van der Waals surface area contributed by atoms with Crippen LogP contribution in [0, 0.1) is 5.82 Å². The number of pyridine rings is 1. The smallest absolute Gasteiger partial charge is 0.295 e. The fourth-order valence-corrected chi connectivity index (χ4v) is 3.07. The number of carbonyl (C=O) groups excluding carboxylic acids is 2. The molecule has 7 heteroatoms. The summed E-state index contributed by atoms with van der Waals surface area (Å²) >= 11 is 0. The average molecular weight is 369 g/mol. The number of halogens is 1. The van der Waals surface area contributed by atoms with Gasteiger partial charge in [-0.3, -0.25) is 14.6 Å². The van der Waals surface area contributed by atoms with Gasteiger partial charge < -0.3 is 14.9 Å². The van der Waals surface area contributed by atoms with Crippen molar-refractivity contribution in [2.24, 2.45) is 0 Å². The standard InChI is InChI=1S/C20H20FN3O3/c1-23(2)11-12-24-17(13-7-9-22-10-8-13)16(19(26)20(24)27)18(25)14-3-5-15(21)6-4-14/h3-10,17,25H,11-12H2,1-2H3/b18-16-. The maximum Gasteiger partial charge on any atom is 0.295 e. The second-order valence-corrected chi connectivity index (χ2v) is 6.58. The third-order valence-electron chi connectivity index (χ3n) is 4.47. The van der Waals surface area contributed by atoms with Gasteiger partial charge in [-0.2, -0.15) is 0 Å². The summed E-state index contributed by atoms with van der Waals surface area (Å²) in [6.45, 7) is 0.885. The number of benzene rings is 1. The highest BCUT2D eigenvalue weighted by molar-refractivity contribution is 6.46. The van der Waals surface area contributed by atoms with E-state index >= 15 is 0 Å². The molecular weight excluding hydrogens is 349 g/mol. The van der Waals surface area contributed by atoms with Crippen molar-refractivity contribution in [1.82, 2.24) is 14.8 Å². The number of Topliss-reactive ketones (excluding diaryl/α,β-unsaturated/α-hetero) is 1. The topological polar surface area (TPSA) is 73.7 Å². The molecule has 1 aliphatic rings. The predicted molar refractivity (Wildman–Crippen MR) is 98.2 cm³/mol. The minimum atomic E-state index is -0.752. The second-order valence-electron chi connectivity index (χ2n) is 6.58. The van der Waals surface area contributed by atoms with E-state index in [1.807, 2.05) is 19.0 Å². The highest BCUT2D eigenvalue weighted by Crippen LogP contribution is 2.38. The number of hydrogen-bond donors (Lipinski definition) is 1. The highest BCUT2D eigenvalue weighted by Gasteiger charge is 2.45. The zero-order valence-electron chi connectivity index (χ0n) is 15.1. The number of aliphatic hydroxyl groups excluding tert-OH is 1. The maximum absolute atomic E-state index is 13.2. The lowest BCUT2D eigenvalue weighted by molar-refractivity contribution is -0.140. The van der Waals surface area contributed by atoms with Crippen molar-refractivity contribution in [2.45, 2.75) is 6.04 Å². The van der Waals surface area contributed by atoms with Crippen LogP contribution >= 0.6 is 0 Å². The number of aromatic nitrogens is 1. The largest absolute Gasteiger partial charge is 0.507 e. The number of hydrogen-bond acceptors (Lipinski definition) is 5. The molecule has 1 aromatic carbocycles. The number of rotatable bonds is 5. The van der Waals surface area contributed by atoms with Crippen LogP contribution in [-0.2, 0) is 9.59 Å². The van der Waals surface area contributed by atoms with Crippen LogP contribution in [0.15, 0.2) is 54.4 Å². The molecule has 0 saturated carbocycles. The van der Waals surface area contributed by atoms with Gasteiger partial charge in [0.2, 0.25) is 0 Å². The Hall–Kier alpha value is -3.06. The van der Waals surface area contributed by atoms with Crippen LogP contribution < -0.4 is 0 Å². The van der Waals surface area contributed by atoms with E-state index in [4.69, 9.17) is 0 Å². The maximum atomic E-state index is 13.2. The third kappa shape index (κ3) is 3.73. The van der Waals surface area contributed by atoms with Crippen molar-refractivity contribution in [3.8, 4) is 0 Å². The average Bonchev–Trinajstić information content (AvgIpc) is 2.91. The molecule has 2 aromatic rings. The summed E-state index contributed by atoms with van der Waals surface area (Å²) in [5, 5.41) is 10.8. The van der Waals surface area contributed by atoms with Crippen molar-refractivity contribution < 1.29 is 19.1 Å². The van der Waals surface area contributed by atoms with Gasteiger partial charge >= 0.3 is 0 Å². The second kappa shape index (κ2) is 7.67. The number of likely N-dealkylation sites (N-methyl/N-ethyl adjacent to an activating group) is 1. The molecule has 1 fully saturated rings. The summed E-state index contributed by atoms with van der Waals surface area (Å²) in [5.74, 6) is -2.19. The Morgan fingerprint density at radius 1 is 1.15 bits per heavy atom. The Bertz CT molecular complexity index is 879. The van der Waals surface area contributed by atoms with Crippen molar-refractivity contribution in [3.05, 3.63) is 71.3 Å². The van der Waals surface area contributed by atoms with E-state index in [2.05, 4.69) is 4.98 Å². The lowest BCUT2D eigenvalue weighted by atomic mass is 9.96. The third-order valence-corrected chi connectivity index (χ3v) is 4.47. The molecule has 0 spiro atoms. The van der Waals surface area contributed by atoms with Gasteiger partial charge in [0.25, 0.3) is 11.7 Å². The number of ketones is 1. The van der Waals surface area contributed by atoms with Crippen molar-refractivity contribution in [1.29, 1.82) is 0 Å². The molecule has 27 heavy (non-hydrogen) atoms. The molecule has 6 nitrogen and oxygen atoms in total. The summed E-state index contributed by atoms with van der Waals surface area (Å²) in [5.41, 5.74) is 0.948. The van der Waals surface area contributed by atoms with Gasteiger partial charge in [-0.05, 0) is 56.1 Å². The summed E-state index contributed by atoms with van der Waals surface area (Å²) in [7, 11) is 3.74. The molecule has 3 rings (SSSR count). The van der Waals surface area contributed by atoms with Crippen LogP contribution in [0.3, 0.4) is 0 Å². The molecule has 1 unspecified atom stereocenters. The molecule has 1 aliphatic heterocycles. The Morgan fingerprint density at radius 2 is 1.78 bits per heavy atom. The summed E-state index contributed by atoms with van der Waals surface area (Å²) in [6.07, 6.45) is 3.14. The number of nitrogens with zero attached hydrogens (tertiary/aromatic N) is 3. The van der Waals surface area contributed by atoms with E-state index in [9.17, 15) is 19.1 Å². The molecule has 2 heterocycles. The number of aliphatic hydroxyl groups is 1. The summed E-state index contributed by atoms with van der Waals surface area (Å²) < 4.78 is 13.2. The molecular formula is C20H20FN3O3. The van der Waals surface area contributed by atoms with Crippen LogP contribution in [0.2, 0.25) is 0 Å². The zero-order chi connectivity index (χ0) is 19.6. The number of carbonyl (C=O) groups is 2. The minimum absolute atomic E-state index is 0.00318. The van der Waals surface area contributed by atoms with Crippen LogP contribution in [0.5, 0.6) is 0 Å². The molecule has 1 amide bonds. The molecule has 1 aromatic heterocycles. The highest BCUT2D eigenvalue weighted by atomic mass is 19.1. The van der Waals surface area contributed by atoms with E-state index in [1.54, 1.807) is 24.5 Å². The van der Waals surface area contributed by atoms with E-state index < -0.39 is 23.5 Å². The van der Waals surface area contributed by atoms with Crippen LogP contribution in [-0.4, -0.2) is 58.8 Å². The fourth-order valence-electron chi connectivity index (χ4n) is 3.07. The first kappa shape index (κ1) is 18.7. The lowest BCUT2D eigenvalue weighted by Gasteiger charge is -2.26. The van der Waals surface area contributed by atoms with E-state index in [0.29, 0.717) is 18.7 Å². The van der Waals surface area contributed by atoms with E-state index in [1.165, 1.54) is 29.2 Å². The Morgan fingerprint density at radius 3 is 2.37 bits per heavy atom. The molecule has 1 saturated heterocycles. The van der Waals surface area contributed by atoms with Gasteiger partial charge in [0.05, 0.1) is 11.6 Å². The number of likely N-dealkylation sites (tertiary alicyclic amines) is 1. The zero-order valence-corrected chi connectivity index (χ0v) is 15.1. The van der Waals surface area contributed by atoms with Gasteiger partial charge in [0.15, 0.2) is 0 Å². The van der Waals surface area contributed by atoms with Crippen LogP contribution in [0.4, 0.5) is 4.39 Å². The van der Waals surface area contributed by atoms with E-state index in [-0.39, 0.29) is 16.9 Å². The van der Waals surface area contributed by atoms with Gasteiger partial charge in [0.1, 0.15) is 11.6 Å². The quantitative estimate of drug-likeness (QED) is 0.497. The molecule has 0 bridgehead atoms. The predicted octanol–water partition coefficient (Wildman–Crippen LogP) is 2.20. The van der Waals surface area contributed by atoms with Crippen LogP contribution in [0.25, 0.3) is 5.76 Å². The minimum Gasteiger partial charge on any atom is -0.507 e. The molecule has 1 atom stereocenters. The van der Waals surface area contributed by atoms with Crippen molar-refractivity contribution >= 4 is 17.4 Å². The Balaban J connectivity index is 2.12. The fraction of sp³-hybridized carbons (Fsp3) is 0.250. The SMILES string of the molecule is CN(C)CCN1C(=O)C(=O)/C(=C(\O)c2ccc(F)cc2)C1c1ccncc1. The molecule has 0 aliphatic carbocycles. The Kier molecular flexibility index (Phi) is 5.32. The van der Waals surface area contributed by atoms with Gasteiger partial charge in [-0.15, -0.1) is 0 Å². The monoisotopic (exact) mass is 369 g/mol. The first-order valence-electron chi connectivity index (χ1n) is 8.49. The molecule has 1 N–H and O–H groups in total. The van der Waals surface area contributed by atoms with Crippen molar-refractivity contribution in [2.75, 3.05) is 27.2 Å². The van der Waals surface area contributed by atoms with E-state index in [0.717, 1.165) is 0 Å². The van der Waals surface area contributed by atoms with Crippen molar-refractivity contribution in [3.63, 3.8) is 0 Å². The molecule has 0 radical (unpaired) electrons. The number of amides is 1. The normalized spacial score (nSPS) is 19.1. The van der Waals surface area contributed by atoms with Gasteiger partial charge in [0, 0.05) is 31.0 Å². The lowest BCUT2D eigenvalue weighted by Crippen LogP contribution is -2.35. The Labute approximate surface area is 156 Å². The molecule has 140 valence electrons. The first-order valence-corrected chi connectivity index (χ1v) is 8.49.